The minimum atomic E-state index is -0.442. The van der Waals surface area contributed by atoms with Gasteiger partial charge in [0.15, 0.2) is 0 Å². The summed E-state index contributed by atoms with van der Waals surface area (Å²) in [6.45, 7) is 10.4. The molecule has 1 heterocycles. The number of hydrogen-bond acceptors (Lipinski definition) is 2. The third kappa shape index (κ3) is 4.03. The number of hydrogen-bond donors (Lipinski definition) is 0. The average Bonchev–Trinajstić information content (AvgIpc) is 3.19. The van der Waals surface area contributed by atoms with Gasteiger partial charge in [-0.15, -0.1) is 0 Å². The Morgan fingerprint density at radius 1 is 0.725 bits per heavy atom. The summed E-state index contributed by atoms with van der Waals surface area (Å²) in [4.78, 5) is 4.74. The van der Waals surface area contributed by atoms with Gasteiger partial charge in [0, 0.05) is 34.4 Å². The molecule has 1 aromatic heterocycles. The van der Waals surface area contributed by atoms with Gasteiger partial charge in [0.25, 0.3) is 0 Å². The number of nitrogens with zero attached hydrogens (tertiary/aromatic N) is 2. The first-order chi connectivity index (χ1) is 19.1. The molecule has 4 aromatic carbocycles. The van der Waals surface area contributed by atoms with Gasteiger partial charge in [-0.3, -0.25) is 4.98 Å². The van der Waals surface area contributed by atoms with Crippen LogP contribution in [0.15, 0.2) is 97.2 Å². The van der Waals surface area contributed by atoms with Crippen LogP contribution in [0.2, 0.25) is 0 Å². The number of aromatic nitrogens is 1. The van der Waals surface area contributed by atoms with Crippen molar-refractivity contribution in [3.63, 3.8) is 0 Å². The largest absolute Gasteiger partial charge is 0.256 e. The summed E-state index contributed by atoms with van der Waals surface area (Å²) < 4.78 is 15.3. The van der Waals surface area contributed by atoms with E-state index in [4.69, 9.17) is 4.98 Å². The van der Waals surface area contributed by atoms with Crippen LogP contribution in [0.1, 0.15) is 56.9 Å². The van der Waals surface area contributed by atoms with Crippen molar-refractivity contribution in [3.05, 3.63) is 125 Å². The van der Waals surface area contributed by atoms with Crippen molar-refractivity contribution in [1.82, 2.24) is 4.98 Å². The van der Waals surface area contributed by atoms with Crippen molar-refractivity contribution in [3.8, 4) is 50.7 Å². The first-order valence-corrected chi connectivity index (χ1v) is 13.6. The minimum absolute atomic E-state index is 0.241. The molecule has 0 N–H and O–H groups in total. The highest BCUT2D eigenvalue weighted by atomic mass is 19.1. The Bertz CT molecular complexity index is 1800. The second-order valence-corrected chi connectivity index (χ2v) is 12.1. The van der Waals surface area contributed by atoms with Crippen molar-refractivity contribution in [1.29, 1.82) is 5.26 Å². The second kappa shape index (κ2) is 9.28. The third-order valence-electron chi connectivity index (χ3n) is 8.15. The van der Waals surface area contributed by atoms with Crippen LogP contribution in [0.5, 0.6) is 0 Å². The summed E-state index contributed by atoms with van der Waals surface area (Å²) in [6, 6.07) is 32.9. The molecule has 0 saturated heterocycles. The van der Waals surface area contributed by atoms with Crippen molar-refractivity contribution < 1.29 is 4.39 Å². The normalized spacial score (nSPS) is 13.4. The maximum atomic E-state index is 15.3. The Morgan fingerprint density at radius 3 is 2.00 bits per heavy atom. The zero-order valence-corrected chi connectivity index (χ0v) is 23.5. The van der Waals surface area contributed by atoms with Crippen molar-refractivity contribution in [2.45, 2.75) is 45.4 Å². The molecule has 1 aliphatic rings. The molecule has 40 heavy (non-hydrogen) atoms. The summed E-state index contributed by atoms with van der Waals surface area (Å²) in [5.74, 6) is -0.241. The molecule has 0 radical (unpaired) electrons. The van der Waals surface area contributed by atoms with Crippen LogP contribution in [0.4, 0.5) is 4.39 Å². The molecule has 0 atom stereocenters. The molecule has 0 bridgehead atoms. The number of benzene rings is 4. The first-order valence-electron chi connectivity index (χ1n) is 13.6. The van der Waals surface area contributed by atoms with E-state index in [0.717, 1.165) is 50.1 Å². The number of halogens is 1. The highest BCUT2D eigenvalue weighted by Gasteiger charge is 2.40. The lowest BCUT2D eigenvalue weighted by Crippen LogP contribution is -2.18. The fourth-order valence-electron chi connectivity index (χ4n) is 6.25. The fourth-order valence-corrected chi connectivity index (χ4v) is 6.25. The van der Waals surface area contributed by atoms with Crippen LogP contribution >= 0.6 is 0 Å². The van der Waals surface area contributed by atoms with Gasteiger partial charge in [-0.2, -0.15) is 5.26 Å². The summed E-state index contributed by atoms with van der Waals surface area (Å²) in [5.41, 5.74) is 10.7. The molecule has 5 aromatic rings. The van der Waals surface area contributed by atoms with Crippen molar-refractivity contribution >= 4 is 0 Å². The van der Waals surface area contributed by atoms with E-state index < -0.39 is 5.41 Å². The van der Waals surface area contributed by atoms with Gasteiger partial charge in [-0.25, -0.2) is 4.39 Å². The van der Waals surface area contributed by atoms with E-state index >= 15 is 4.39 Å². The lowest BCUT2D eigenvalue weighted by atomic mass is 9.75. The summed E-state index contributed by atoms with van der Waals surface area (Å²) in [7, 11) is 0. The average molecular weight is 523 g/mol. The maximum Gasteiger partial charge on any atom is 0.130 e. The zero-order chi connectivity index (χ0) is 28.2. The van der Waals surface area contributed by atoms with E-state index in [1.165, 1.54) is 0 Å². The van der Waals surface area contributed by atoms with Crippen LogP contribution in [0.3, 0.4) is 0 Å². The lowest BCUT2D eigenvalue weighted by molar-refractivity contribution is 0.520. The Morgan fingerprint density at radius 2 is 1.35 bits per heavy atom. The van der Waals surface area contributed by atoms with Crippen molar-refractivity contribution in [2.24, 2.45) is 0 Å². The first kappa shape index (κ1) is 25.7. The van der Waals surface area contributed by atoms with Gasteiger partial charge in [-0.1, -0.05) is 113 Å². The van der Waals surface area contributed by atoms with E-state index in [-0.39, 0.29) is 11.2 Å². The standard InChI is InChI=1S/C37H31FN2/c1-36(2,3)30-22-40-32(20-31(30)38)29-13-9-12-27-28-19-18-26(21-39)33(35(28)37(4,5)34(27)29)25-16-14-24(15-17-25)23-10-7-6-8-11-23/h6-20,22H,1-5H3. The van der Waals surface area contributed by atoms with Gasteiger partial charge >= 0.3 is 0 Å². The van der Waals surface area contributed by atoms with Crippen LogP contribution in [-0.4, -0.2) is 4.98 Å². The van der Waals surface area contributed by atoms with Crippen LogP contribution < -0.4 is 0 Å². The number of nitriles is 1. The Kier molecular flexibility index (Phi) is 5.97. The molecule has 0 fully saturated rings. The minimum Gasteiger partial charge on any atom is -0.256 e. The van der Waals surface area contributed by atoms with Gasteiger partial charge in [0.1, 0.15) is 5.82 Å². The Balaban J connectivity index is 1.53. The molecule has 196 valence electrons. The number of rotatable bonds is 3. The molecule has 2 nitrogen and oxygen atoms in total. The molecule has 1 aliphatic carbocycles. The van der Waals surface area contributed by atoms with E-state index in [0.29, 0.717) is 16.8 Å². The summed E-state index contributed by atoms with van der Waals surface area (Å²) in [6.07, 6.45) is 1.67. The molecular weight excluding hydrogens is 491 g/mol. The Hall–Kier alpha value is -4.55. The quantitative estimate of drug-likeness (QED) is 0.236. The van der Waals surface area contributed by atoms with Gasteiger partial charge in [0.05, 0.1) is 17.3 Å². The van der Waals surface area contributed by atoms with E-state index in [1.807, 2.05) is 57.2 Å². The lowest BCUT2D eigenvalue weighted by Gasteiger charge is -2.27. The third-order valence-corrected chi connectivity index (χ3v) is 8.15. The molecule has 0 unspecified atom stereocenters. The molecule has 0 amide bonds. The second-order valence-electron chi connectivity index (χ2n) is 12.1. The predicted octanol–water partition coefficient (Wildman–Crippen LogP) is 9.70. The summed E-state index contributed by atoms with van der Waals surface area (Å²) in [5, 5.41) is 10.2. The topological polar surface area (TPSA) is 36.7 Å². The van der Waals surface area contributed by atoms with Crippen LogP contribution in [0, 0.1) is 17.1 Å². The molecule has 0 aliphatic heterocycles. The van der Waals surface area contributed by atoms with Gasteiger partial charge < -0.3 is 0 Å². The number of fused-ring (bicyclic) bond motifs is 3. The molecule has 0 saturated carbocycles. The smallest absolute Gasteiger partial charge is 0.130 e. The number of pyridine rings is 1. The fraction of sp³-hybridized carbons (Fsp3) is 0.189. The SMILES string of the molecule is CC(C)(C)c1cnc(-c2cccc3c2C(C)(C)c2c-3ccc(C#N)c2-c2ccc(-c3ccccc3)cc2)cc1F. The monoisotopic (exact) mass is 522 g/mol. The molecular formula is C37H31FN2. The maximum absolute atomic E-state index is 15.3. The molecule has 3 heteroatoms. The van der Waals surface area contributed by atoms with Crippen LogP contribution in [-0.2, 0) is 10.8 Å². The van der Waals surface area contributed by atoms with E-state index in [2.05, 4.69) is 68.4 Å². The highest BCUT2D eigenvalue weighted by Crippen LogP contribution is 2.55. The van der Waals surface area contributed by atoms with E-state index in [9.17, 15) is 5.26 Å². The highest BCUT2D eigenvalue weighted by molar-refractivity contribution is 5.94. The molecule has 6 rings (SSSR count). The Labute approximate surface area is 235 Å². The van der Waals surface area contributed by atoms with Gasteiger partial charge in [0.2, 0.25) is 0 Å². The molecule has 0 spiro atoms. The predicted molar refractivity (Wildman–Crippen MR) is 161 cm³/mol. The zero-order valence-electron chi connectivity index (χ0n) is 23.5. The van der Waals surface area contributed by atoms with E-state index in [1.54, 1.807) is 12.3 Å². The van der Waals surface area contributed by atoms with Crippen molar-refractivity contribution in [2.75, 3.05) is 0 Å². The van der Waals surface area contributed by atoms with Gasteiger partial charge in [-0.05, 0) is 50.4 Å². The summed E-state index contributed by atoms with van der Waals surface area (Å²) >= 11 is 0. The van der Waals surface area contributed by atoms with Crippen LogP contribution in [0.25, 0.3) is 44.6 Å².